The summed E-state index contributed by atoms with van der Waals surface area (Å²) < 4.78 is 0. The molecule has 6 nitrogen and oxygen atoms in total. The molecule has 1 fully saturated rings. The number of carbonyl (C=O) groups is 3. The molecule has 146 valence electrons. The second-order valence-electron chi connectivity index (χ2n) is 7.22. The van der Waals surface area contributed by atoms with Crippen LogP contribution in [0.15, 0.2) is 42.5 Å². The molecule has 3 amide bonds. The Morgan fingerprint density at radius 1 is 1.04 bits per heavy atom. The van der Waals surface area contributed by atoms with E-state index in [1.165, 1.54) is 23.0 Å². The van der Waals surface area contributed by atoms with Gasteiger partial charge in [-0.2, -0.15) is 0 Å². The van der Waals surface area contributed by atoms with Crippen molar-refractivity contribution in [3.05, 3.63) is 64.7 Å². The summed E-state index contributed by atoms with van der Waals surface area (Å²) in [6.07, 6.45) is 0. The molecule has 0 aliphatic carbocycles. The van der Waals surface area contributed by atoms with E-state index in [4.69, 9.17) is 0 Å². The lowest BCUT2D eigenvalue weighted by molar-refractivity contribution is -0.135. The fourth-order valence-electron chi connectivity index (χ4n) is 3.19. The molecule has 1 heterocycles. The first kappa shape index (κ1) is 19.6. The van der Waals surface area contributed by atoms with Crippen LogP contribution in [0, 0.1) is 13.8 Å². The number of nitrogens with one attached hydrogen (secondary N) is 1. The van der Waals surface area contributed by atoms with Gasteiger partial charge in [-0.15, -0.1) is 0 Å². The molecule has 0 saturated carbocycles. The summed E-state index contributed by atoms with van der Waals surface area (Å²) in [6, 6.07) is 12.7. The third-order valence-corrected chi connectivity index (χ3v) is 5.07. The molecular weight excluding hydrogens is 354 g/mol. The van der Waals surface area contributed by atoms with E-state index in [-0.39, 0.29) is 24.3 Å². The van der Waals surface area contributed by atoms with Crippen LogP contribution in [0.1, 0.15) is 34.0 Å². The number of rotatable bonds is 4. The minimum atomic E-state index is -0.333. The van der Waals surface area contributed by atoms with Crippen molar-refractivity contribution in [2.24, 2.45) is 0 Å². The normalized spacial score (nSPS) is 14.2. The van der Waals surface area contributed by atoms with Crippen LogP contribution in [0.5, 0.6) is 0 Å². The number of ketones is 1. The van der Waals surface area contributed by atoms with Gasteiger partial charge in [0.05, 0.1) is 0 Å². The monoisotopic (exact) mass is 379 g/mol. The number of Topliss-reactive ketones (excluding diaryl/α,β-unsaturated/α-hetero) is 1. The van der Waals surface area contributed by atoms with Crippen LogP contribution >= 0.6 is 0 Å². The molecule has 1 N–H and O–H groups in total. The van der Waals surface area contributed by atoms with Gasteiger partial charge in [-0.05, 0) is 49.6 Å². The Bertz CT molecular complexity index is 923. The average molecular weight is 379 g/mol. The van der Waals surface area contributed by atoms with E-state index in [0.29, 0.717) is 30.9 Å². The Hall–Kier alpha value is -3.15. The van der Waals surface area contributed by atoms with Crippen molar-refractivity contribution >= 4 is 23.4 Å². The van der Waals surface area contributed by atoms with E-state index in [0.717, 1.165) is 5.56 Å². The van der Waals surface area contributed by atoms with Gasteiger partial charge in [0.15, 0.2) is 5.78 Å². The number of urea groups is 1. The summed E-state index contributed by atoms with van der Waals surface area (Å²) in [5.74, 6) is -0.136. The summed E-state index contributed by atoms with van der Waals surface area (Å²) in [4.78, 5) is 39.8. The summed E-state index contributed by atoms with van der Waals surface area (Å²) in [6.45, 7) is 7.16. The quantitative estimate of drug-likeness (QED) is 0.828. The van der Waals surface area contributed by atoms with E-state index in [1.807, 2.05) is 6.07 Å². The number of carbonyl (C=O) groups excluding carboxylic acids is 3. The van der Waals surface area contributed by atoms with Gasteiger partial charge in [0.1, 0.15) is 6.54 Å². The standard InChI is InChI=1S/C22H25N3O3/c1-15-7-8-18(11-16(15)2)13-24-9-10-25(14-21(24)27)22(28)23-20-6-4-5-19(12-20)17(3)26/h4-8,11-12H,9-10,13-14H2,1-3H3,(H,23,28). The van der Waals surface area contributed by atoms with E-state index in [1.54, 1.807) is 29.2 Å². The summed E-state index contributed by atoms with van der Waals surface area (Å²) in [5, 5.41) is 2.77. The Morgan fingerprint density at radius 3 is 2.50 bits per heavy atom. The number of aryl methyl sites for hydroxylation is 2. The van der Waals surface area contributed by atoms with Gasteiger partial charge in [-0.3, -0.25) is 9.59 Å². The maximum absolute atomic E-state index is 12.5. The van der Waals surface area contributed by atoms with Crippen LogP contribution in [0.3, 0.4) is 0 Å². The highest BCUT2D eigenvalue weighted by molar-refractivity contribution is 5.97. The number of amides is 3. The molecule has 0 aromatic heterocycles. The first-order chi connectivity index (χ1) is 13.3. The van der Waals surface area contributed by atoms with Gasteiger partial charge in [0.2, 0.25) is 5.91 Å². The maximum atomic E-state index is 12.5. The summed E-state index contributed by atoms with van der Waals surface area (Å²) in [5.41, 5.74) is 4.60. The van der Waals surface area contributed by atoms with Crippen LogP contribution in [0.25, 0.3) is 0 Å². The molecule has 0 unspecified atom stereocenters. The molecule has 0 spiro atoms. The highest BCUT2D eigenvalue weighted by Crippen LogP contribution is 2.16. The Labute approximate surface area is 165 Å². The third-order valence-electron chi connectivity index (χ3n) is 5.07. The molecule has 0 atom stereocenters. The van der Waals surface area contributed by atoms with Crippen LogP contribution in [-0.4, -0.2) is 47.2 Å². The highest BCUT2D eigenvalue weighted by atomic mass is 16.2. The maximum Gasteiger partial charge on any atom is 0.322 e. The predicted molar refractivity (Wildman–Crippen MR) is 108 cm³/mol. The molecule has 28 heavy (non-hydrogen) atoms. The second-order valence-corrected chi connectivity index (χ2v) is 7.22. The largest absolute Gasteiger partial charge is 0.335 e. The van der Waals surface area contributed by atoms with Crippen molar-refractivity contribution in [3.63, 3.8) is 0 Å². The molecule has 1 aliphatic heterocycles. The zero-order valence-corrected chi connectivity index (χ0v) is 16.5. The van der Waals surface area contributed by atoms with Crippen LogP contribution in [-0.2, 0) is 11.3 Å². The number of piperazine rings is 1. The van der Waals surface area contributed by atoms with Crippen molar-refractivity contribution in [1.82, 2.24) is 9.80 Å². The number of hydrogen-bond acceptors (Lipinski definition) is 3. The van der Waals surface area contributed by atoms with Gasteiger partial charge in [-0.1, -0.05) is 30.3 Å². The fourth-order valence-corrected chi connectivity index (χ4v) is 3.19. The first-order valence-electron chi connectivity index (χ1n) is 9.34. The minimum absolute atomic E-state index is 0.0447. The average Bonchev–Trinajstić information content (AvgIpc) is 2.66. The van der Waals surface area contributed by atoms with Crippen molar-refractivity contribution in [3.8, 4) is 0 Å². The lowest BCUT2D eigenvalue weighted by atomic mass is 10.1. The van der Waals surface area contributed by atoms with Crippen LogP contribution in [0.2, 0.25) is 0 Å². The molecule has 3 rings (SSSR count). The van der Waals surface area contributed by atoms with Gasteiger partial charge < -0.3 is 15.1 Å². The van der Waals surface area contributed by atoms with Gasteiger partial charge >= 0.3 is 6.03 Å². The third kappa shape index (κ3) is 4.57. The predicted octanol–water partition coefficient (Wildman–Crippen LogP) is 3.38. The number of nitrogens with zero attached hydrogens (tertiary/aromatic N) is 2. The fraction of sp³-hybridized carbons (Fsp3) is 0.318. The zero-order chi connectivity index (χ0) is 20.3. The molecule has 1 saturated heterocycles. The Morgan fingerprint density at radius 2 is 1.82 bits per heavy atom. The van der Waals surface area contributed by atoms with Gasteiger partial charge in [-0.25, -0.2) is 4.79 Å². The first-order valence-corrected chi connectivity index (χ1v) is 9.34. The van der Waals surface area contributed by atoms with E-state index in [2.05, 4.69) is 31.3 Å². The molecule has 2 aromatic rings. The smallest absolute Gasteiger partial charge is 0.322 e. The zero-order valence-electron chi connectivity index (χ0n) is 16.5. The van der Waals surface area contributed by atoms with Crippen molar-refractivity contribution in [2.45, 2.75) is 27.3 Å². The lowest BCUT2D eigenvalue weighted by Crippen LogP contribution is -2.52. The van der Waals surface area contributed by atoms with E-state index < -0.39 is 0 Å². The van der Waals surface area contributed by atoms with Crippen LogP contribution < -0.4 is 5.32 Å². The van der Waals surface area contributed by atoms with Crippen molar-refractivity contribution in [1.29, 1.82) is 0 Å². The molecular formula is C22H25N3O3. The number of anilines is 1. The lowest BCUT2D eigenvalue weighted by Gasteiger charge is -2.34. The van der Waals surface area contributed by atoms with Gasteiger partial charge in [0, 0.05) is 30.9 Å². The minimum Gasteiger partial charge on any atom is -0.335 e. The van der Waals surface area contributed by atoms with Crippen molar-refractivity contribution < 1.29 is 14.4 Å². The number of benzene rings is 2. The molecule has 0 bridgehead atoms. The summed E-state index contributed by atoms with van der Waals surface area (Å²) in [7, 11) is 0. The molecule has 0 radical (unpaired) electrons. The SMILES string of the molecule is CC(=O)c1cccc(NC(=O)N2CCN(Cc3ccc(C)c(C)c3)C(=O)C2)c1. The van der Waals surface area contributed by atoms with Crippen molar-refractivity contribution in [2.75, 3.05) is 25.0 Å². The highest BCUT2D eigenvalue weighted by Gasteiger charge is 2.27. The van der Waals surface area contributed by atoms with Gasteiger partial charge in [0.25, 0.3) is 0 Å². The number of hydrogen-bond donors (Lipinski definition) is 1. The summed E-state index contributed by atoms with van der Waals surface area (Å²) >= 11 is 0. The Kier molecular flexibility index (Phi) is 5.78. The molecule has 6 heteroatoms. The molecule has 2 aromatic carbocycles. The Balaban J connectivity index is 1.59. The molecule has 1 aliphatic rings. The second kappa shape index (κ2) is 8.25. The van der Waals surface area contributed by atoms with E-state index >= 15 is 0 Å². The topological polar surface area (TPSA) is 69.7 Å². The van der Waals surface area contributed by atoms with E-state index in [9.17, 15) is 14.4 Å². The van der Waals surface area contributed by atoms with Crippen LogP contribution in [0.4, 0.5) is 10.5 Å².